The summed E-state index contributed by atoms with van der Waals surface area (Å²) < 4.78 is 4.72. The fourth-order valence-corrected chi connectivity index (χ4v) is 2.03. The lowest BCUT2D eigenvalue weighted by Crippen LogP contribution is -2.52. The summed E-state index contributed by atoms with van der Waals surface area (Å²) >= 11 is 0. The maximum absolute atomic E-state index is 12.3. The number of terminal acetylenes is 1. The van der Waals surface area contributed by atoms with Crippen molar-refractivity contribution in [1.29, 1.82) is 0 Å². The Morgan fingerprint density at radius 3 is 2.35 bits per heavy atom. The first-order valence-corrected chi connectivity index (χ1v) is 7.10. The monoisotopic (exact) mass is 316 g/mol. The first kappa shape index (κ1) is 18.2. The van der Waals surface area contributed by atoms with Crippen LogP contribution < -0.4 is 10.6 Å². The number of carbonyl (C=O) groups excluding carboxylic acids is 3. The number of hydrogen-bond donors (Lipinski definition) is 2. The summed E-state index contributed by atoms with van der Waals surface area (Å²) in [5, 5.41) is 5.04. The van der Waals surface area contributed by atoms with Gasteiger partial charge in [-0.15, -0.1) is 12.3 Å². The molecular weight excluding hydrogens is 296 g/mol. The third-order valence-corrected chi connectivity index (χ3v) is 3.10. The zero-order chi connectivity index (χ0) is 17.2. The maximum Gasteiger partial charge on any atom is 0.328 e. The van der Waals surface area contributed by atoms with E-state index in [0.29, 0.717) is 0 Å². The zero-order valence-electron chi connectivity index (χ0n) is 13.2. The SMILES string of the molecule is C#CC[C@@H](NC(C)=O)C(=O)N[C@@H](Cc1ccccc1)C(=O)OC. The van der Waals surface area contributed by atoms with Gasteiger partial charge in [0.15, 0.2) is 0 Å². The summed E-state index contributed by atoms with van der Waals surface area (Å²) in [4.78, 5) is 35.3. The van der Waals surface area contributed by atoms with E-state index < -0.39 is 24.0 Å². The van der Waals surface area contributed by atoms with Gasteiger partial charge in [-0.05, 0) is 5.56 Å². The van der Waals surface area contributed by atoms with E-state index >= 15 is 0 Å². The molecule has 0 aliphatic carbocycles. The lowest BCUT2D eigenvalue weighted by molar-refractivity contribution is -0.145. The van der Waals surface area contributed by atoms with Gasteiger partial charge < -0.3 is 15.4 Å². The van der Waals surface area contributed by atoms with Gasteiger partial charge in [0, 0.05) is 19.8 Å². The molecule has 0 saturated carbocycles. The van der Waals surface area contributed by atoms with E-state index in [-0.39, 0.29) is 18.7 Å². The molecule has 0 unspecified atom stereocenters. The van der Waals surface area contributed by atoms with Gasteiger partial charge in [-0.25, -0.2) is 4.79 Å². The van der Waals surface area contributed by atoms with Crippen molar-refractivity contribution >= 4 is 17.8 Å². The lowest BCUT2D eigenvalue weighted by Gasteiger charge is -2.20. The quantitative estimate of drug-likeness (QED) is 0.564. The molecule has 6 nitrogen and oxygen atoms in total. The smallest absolute Gasteiger partial charge is 0.328 e. The Morgan fingerprint density at radius 2 is 1.83 bits per heavy atom. The molecule has 0 heterocycles. The highest BCUT2D eigenvalue weighted by Gasteiger charge is 2.26. The standard InChI is InChI=1S/C17H20N2O4/c1-4-8-14(18-12(2)20)16(21)19-15(17(22)23-3)11-13-9-6-5-7-10-13/h1,5-7,9-10,14-15H,8,11H2,2-3H3,(H,18,20)(H,19,21)/t14-,15+/m1/s1. The average Bonchev–Trinajstić information content (AvgIpc) is 2.53. The van der Waals surface area contributed by atoms with Crippen LogP contribution in [0.3, 0.4) is 0 Å². The van der Waals surface area contributed by atoms with E-state index in [9.17, 15) is 14.4 Å². The molecule has 2 N–H and O–H groups in total. The van der Waals surface area contributed by atoms with E-state index in [1.165, 1.54) is 14.0 Å². The average molecular weight is 316 g/mol. The maximum atomic E-state index is 12.3. The van der Waals surface area contributed by atoms with E-state index in [2.05, 4.69) is 16.6 Å². The van der Waals surface area contributed by atoms with Crippen LogP contribution in [0.25, 0.3) is 0 Å². The summed E-state index contributed by atoms with van der Waals surface area (Å²) in [5.74, 6) is 0.863. The van der Waals surface area contributed by atoms with Gasteiger partial charge in [-0.2, -0.15) is 0 Å². The van der Waals surface area contributed by atoms with Crippen molar-refractivity contribution in [3.05, 3.63) is 35.9 Å². The van der Waals surface area contributed by atoms with Crippen molar-refractivity contribution in [3.8, 4) is 12.3 Å². The topological polar surface area (TPSA) is 84.5 Å². The molecule has 1 aromatic rings. The third-order valence-electron chi connectivity index (χ3n) is 3.10. The van der Waals surface area contributed by atoms with Gasteiger partial charge in [0.2, 0.25) is 11.8 Å². The van der Waals surface area contributed by atoms with Crippen molar-refractivity contribution in [3.63, 3.8) is 0 Å². The molecule has 0 aromatic heterocycles. The molecular formula is C17H20N2O4. The van der Waals surface area contributed by atoms with Crippen LogP contribution in [0.2, 0.25) is 0 Å². The molecule has 0 aliphatic heterocycles. The van der Waals surface area contributed by atoms with Crippen LogP contribution in [-0.2, 0) is 25.5 Å². The molecule has 0 spiro atoms. The molecule has 122 valence electrons. The zero-order valence-corrected chi connectivity index (χ0v) is 13.2. The molecule has 0 bridgehead atoms. The highest BCUT2D eigenvalue weighted by molar-refractivity contribution is 5.90. The molecule has 0 fully saturated rings. The largest absolute Gasteiger partial charge is 0.467 e. The number of esters is 1. The van der Waals surface area contributed by atoms with Gasteiger partial charge in [0.05, 0.1) is 7.11 Å². The molecule has 2 atom stereocenters. The Kier molecular flexibility index (Phi) is 7.34. The number of hydrogen-bond acceptors (Lipinski definition) is 4. The van der Waals surface area contributed by atoms with Crippen LogP contribution in [0.4, 0.5) is 0 Å². The minimum Gasteiger partial charge on any atom is -0.467 e. The van der Waals surface area contributed by atoms with Gasteiger partial charge >= 0.3 is 5.97 Å². The normalized spacial score (nSPS) is 12.4. The number of nitrogens with one attached hydrogen (secondary N) is 2. The fourth-order valence-electron chi connectivity index (χ4n) is 2.03. The number of carbonyl (C=O) groups is 3. The minimum atomic E-state index is -0.888. The van der Waals surface area contributed by atoms with Crippen LogP contribution in [0.15, 0.2) is 30.3 Å². The Morgan fingerprint density at radius 1 is 1.17 bits per heavy atom. The highest BCUT2D eigenvalue weighted by atomic mass is 16.5. The summed E-state index contributed by atoms with van der Waals surface area (Å²) in [6.45, 7) is 1.29. The number of benzene rings is 1. The van der Waals surface area contributed by atoms with Crippen LogP contribution in [0, 0.1) is 12.3 Å². The molecule has 1 rings (SSSR count). The van der Waals surface area contributed by atoms with Crippen molar-refractivity contribution < 1.29 is 19.1 Å². The van der Waals surface area contributed by atoms with Crippen molar-refractivity contribution in [2.45, 2.75) is 31.8 Å². The summed E-state index contributed by atoms with van der Waals surface area (Å²) in [5.41, 5.74) is 0.872. The second-order valence-corrected chi connectivity index (χ2v) is 4.94. The first-order valence-electron chi connectivity index (χ1n) is 7.10. The Labute approximate surface area is 135 Å². The molecule has 2 amide bonds. The lowest BCUT2D eigenvalue weighted by atomic mass is 10.1. The predicted molar refractivity (Wildman–Crippen MR) is 85.1 cm³/mol. The minimum absolute atomic E-state index is 0.0324. The van der Waals surface area contributed by atoms with Gasteiger partial charge in [-0.3, -0.25) is 9.59 Å². The van der Waals surface area contributed by atoms with Crippen molar-refractivity contribution in [2.75, 3.05) is 7.11 Å². The summed E-state index contributed by atoms with van der Waals surface area (Å²) in [6.07, 6.45) is 5.52. The predicted octanol–water partition coefficient (Wildman–Crippen LogP) is 0.415. The van der Waals surface area contributed by atoms with Gasteiger partial charge in [0.1, 0.15) is 12.1 Å². The van der Waals surface area contributed by atoms with Crippen molar-refractivity contribution in [2.24, 2.45) is 0 Å². The van der Waals surface area contributed by atoms with E-state index in [4.69, 9.17) is 11.2 Å². The van der Waals surface area contributed by atoms with Gasteiger partial charge in [-0.1, -0.05) is 30.3 Å². The molecule has 0 radical (unpaired) electrons. The fraction of sp³-hybridized carbons (Fsp3) is 0.353. The Hall–Kier alpha value is -2.81. The summed E-state index contributed by atoms with van der Waals surface area (Å²) in [7, 11) is 1.25. The van der Waals surface area contributed by atoms with E-state index in [1.54, 1.807) is 0 Å². The van der Waals surface area contributed by atoms with Gasteiger partial charge in [0.25, 0.3) is 0 Å². The number of rotatable bonds is 7. The number of amides is 2. The van der Waals surface area contributed by atoms with E-state index in [0.717, 1.165) is 5.56 Å². The Balaban J connectivity index is 2.83. The third kappa shape index (κ3) is 6.22. The molecule has 0 aliphatic rings. The molecule has 1 aromatic carbocycles. The van der Waals surface area contributed by atoms with E-state index in [1.807, 2.05) is 30.3 Å². The Bertz CT molecular complexity index is 592. The van der Waals surface area contributed by atoms with Crippen LogP contribution in [0.1, 0.15) is 18.9 Å². The van der Waals surface area contributed by atoms with Crippen LogP contribution >= 0.6 is 0 Å². The second-order valence-electron chi connectivity index (χ2n) is 4.94. The molecule has 6 heteroatoms. The first-order chi connectivity index (χ1) is 11.0. The number of methoxy groups -OCH3 is 1. The van der Waals surface area contributed by atoms with Crippen LogP contribution in [0.5, 0.6) is 0 Å². The molecule has 0 saturated heterocycles. The molecule has 23 heavy (non-hydrogen) atoms. The van der Waals surface area contributed by atoms with Crippen molar-refractivity contribution in [1.82, 2.24) is 10.6 Å². The number of ether oxygens (including phenoxy) is 1. The van der Waals surface area contributed by atoms with Crippen LogP contribution in [-0.4, -0.2) is 37.0 Å². The highest BCUT2D eigenvalue weighted by Crippen LogP contribution is 2.05. The second kappa shape index (κ2) is 9.26. The summed E-state index contributed by atoms with van der Waals surface area (Å²) in [6, 6.07) is 7.47.